The molecular weight excluding hydrogens is 208 g/mol. The molecule has 1 heterocycles. The fraction of sp³-hybridized carbons (Fsp3) is 0.182. The molecule has 0 aliphatic heterocycles. The van der Waals surface area contributed by atoms with Crippen LogP contribution in [0, 0.1) is 0 Å². The number of ether oxygens (including phenoxy) is 1. The molecule has 1 aromatic carbocycles. The van der Waals surface area contributed by atoms with Crippen LogP contribution in [-0.2, 0) is 4.74 Å². The first kappa shape index (κ1) is 10.4. The maximum Gasteiger partial charge on any atom is 0.338 e. The number of rotatable bonds is 3. The van der Waals surface area contributed by atoms with Gasteiger partial charge in [0.25, 0.3) is 0 Å². The molecule has 0 aliphatic rings. The van der Waals surface area contributed by atoms with E-state index in [1.165, 1.54) is 0 Å². The van der Waals surface area contributed by atoms with E-state index >= 15 is 0 Å². The van der Waals surface area contributed by atoms with E-state index in [9.17, 15) is 9.59 Å². The number of benzene rings is 1. The summed E-state index contributed by atoms with van der Waals surface area (Å²) in [5, 5.41) is 7.01. The van der Waals surface area contributed by atoms with Gasteiger partial charge >= 0.3 is 5.97 Å². The van der Waals surface area contributed by atoms with Crippen LogP contribution in [0.1, 0.15) is 27.8 Å². The van der Waals surface area contributed by atoms with E-state index in [2.05, 4.69) is 10.2 Å². The van der Waals surface area contributed by atoms with Crippen LogP contribution in [0.15, 0.2) is 18.2 Å². The molecule has 2 aromatic rings. The highest BCUT2D eigenvalue weighted by atomic mass is 16.5. The average Bonchev–Trinajstić information content (AvgIpc) is 2.72. The van der Waals surface area contributed by atoms with Gasteiger partial charge in [-0.3, -0.25) is 9.89 Å². The van der Waals surface area contributed by atoms with Gasteiger partial charge in [0.05, 0.1) is 17.7 Å². The number of H-pyrrole nitrogens is 1. The lowest BCUT2D eigenvalue weighted by atomic mass is 10.1. The van der Waals surface area contributed by atoms with Crippen LogP contribution in [0.2, 0.25) is 0 Å². The van der Waals surface area contributed by atoms with Crippen LogP contribution in [0.3, 0.4) is 0 Å². The Morgan fingerprint density at radius 3 is 3.06 bits per heavy atom. The fourth-order valence-corrected chi connectivity index (χ4v) is 1.56. The maximum absolute atomic E-state index is 11.6. The molecule has 0 unspecified atom stereocenters. The lowest BCUT2D eigenvalue weighted by Gasteiger charge is -2.02. The minimum absolute atomic E-state index is 0.290. The largest absolute Gasteiger partial charge is 0.462 e. The number of aldehydes is 1. The fourth-order valence-electron chi connectivity index (χ4n) is 1.56. The first-order valence-electron chi connectivity index (χ1n) is 4.87. The van der Waals surface area contributed by atoms with Gasteiger partial charge in [-0.1, -0.05) is 6.07 Å². The molecule has 2 rings (SSSR count). The van der Waals surface area contributed by atoms with E-state index < -0.39 is 5.97 Å². The summed E-state index contributed by atoms with van der Waals surface area (Å²) in [7, 11) is 0. The molecule has 0 saturated carbocycles. The SMILES string of the molecule is CCOC(=O)c1cccc2n[nH]c(C=O)c12. The van der Waals surface area contributed by atoms with Crippen molar-refractivity contribution in [3.8, 4) is 0 Å². The van der Waals surface area contributed by atoms with Gasteiger partial charge in [0.15, 0.2) is 6.29 Å². The summed E-state index contributed by atoms with van der Waals surface area (Å²) in [4.78, 5) is 22.4. The van der Waals surface area contributed by atoms with Crippen molar-refractivity contribution in [1.82, 2.24) is 10.2 Å². The lowest BCUT2D eigenvalue weighted by Crippen LogP contribution is -2.05. The number of aromatic nitrogens is 2. The number of hydrogen-bond donors (Lipinski definition) is 1. The molecule has 1 aromatic heterocycles. The Morgan fingerprint density at radius 2 is 2.38 bits per heavy atom. The predicted octanol–water partition coefficient (Wildman–Crippen LogP) is 1.55. The Kier molecular flexibility index (Phi) is 2.68. The molecular formula is C11H10N2O3. The van der Waals surface area contributed by atoms with Crippen molar-refractivity contribution in [1.29, 1.82) is 0 Å². The zero-order valence-electron chi connectivity index (χ0n) is 8.69. The molecule has 0 aliphatic carbocycles. The topological polar surface area (TPSA) is 72.0 Å². The number of esters is 1. The number of fused-ring (bicyclic) bond motifs is 1. The highest BCUT2D eigenvalue weighted by Crippen LogP contribution is 2.20. The second-order valence-electron chi connectivity index (χ2n) is 3.18. The molecule has 0 bridgehead atoms. The van der Waals surface area contributed by atoms with Gasteiger partial charge in [-0.2, -0.15) is 5.10 Å². The average molecular weight is 218 g/mol. The molecule has 82 valence electrons. The van der Waals surface area contributed by atoms with Gasteiger partial charge in [-0.15, -0.1) is 0 Å². The zero-order valence-corrected chi connectivity index (χ0v) is 8.69. The van der Waals surface area contributed by atoms with Gasteiger partial charge in [-0.25, -0.2) is 4.79 Å². The first-order valence-corrected chi connectivity index (χ1v) is 4.87. The van der Waals surface area contributed by atoms with E-state index in [1.807, 2.05) is 0 Å². The standard InChI is InChI=1S/C11H10N2O3/c1-2-16-11(15)7-4-3-5-8-10(7)9(6-14)13-12-8/h3-6H,2H2,1H3,(H,12,13). The summed E-state index contributed by atoms with van der Waals surface area (Å²) in [6, 6.07) is 5.04. The Balaban J connectivity index is 2.63. The van der Waals surface area contributed by atoms with Crippen molar-refractivity contribution in [3.63, 3.8) is 0 Å². The van der Waals surface area contributed by atoms with Gasteiger partial charge in [0.2, 0.25) is 0 Å². The minimum Gasteiger partial charge on any atom is -0.462 e. The number of hydrogen-bond acceptors (Lipinski definition) is 4. The monoisotopic (exact) mass is 218 g/mol. The number of aromatic amines is 1. The normalized spacial score (nSPS) is 10.3. The van der Waals surface area contributed by atoms with Gasteiger partial charge in [0.1, 0.15) is 5.69 Å². The Hall–Kier alpha value is -2.17. The second-order valence-corrected chi connectivity index (χ2v) is 3.18. The molecule has 5 heteroatoms. The molecule has 0 atom stereocenters. The summed E-state index contributed by atoms with van der Waals surface area (Å²) >= 11 is 0. The van der Waals surface area contributed by atoms with Crippen LogP contribution in [0.25, 0.3) is 10.9 Å². The number of carbonyl (C=O) groups is 2. The summed E-state index contributed by atoms with van der Waals surface area (Å²) in [6.45, 7) is 2.03. The minimum atomic E-state index is -0.447. The van der Waals surface area contributed by atoms with E-state index in [4.69, 9.17) is 4.74 Å². The first-order chi connectivity index (χ1) is 7.77. The third-order valence-electron chi connectivity index (χ3n) is 2.22. The molecule has 5 nitrogen and oxygen atoms in total. The Labute approximate surface area is 91.4 Å². The van der Waals surface area contributed by atoms with Crippen LogP contribution >= 0.6 is 0 Å². The van der Waals surface area contributed by atoms with Gasteiger partial charge in [0, 0.05) is 5.39 Å². The van der Waals surface area contributed by atoms with Crippen molar-refractivity contribution in [2.75, 3.05) is 6.61 Å². The van der Waals surface area contributed by atoms with Crippen LogP contribution in [-0.4, -0.2) is 29.1 Å². The van der Waals surface area contributed by atoms with Gasteiger partial charge < -0.3 is 4.74 Å². The highest BCUT2D eigenvalue weighted by Gasteiger charge is 2.15. The molecule has 0 radical (unpaired) electrons. The van der Waals surface area contributed by atoms with E-state index in [0.29, 0.717) is 35.1 Å². The van der Waals surface area contributed by atoms with Crippen LogP contribution < -0.4 is 0 Å². The Morgan fingerprint density at radius 1 is 1.56 bits per heavy atom. The molecule has 0 fully saturated rings. The second kappa shape index (κ2) is 4.14. The van der Waals surface area contributed by atoms with Crippen LogP contribution in [0.5, 0.6) is 0 Å². The Bertz CT molecular complexity index is 545. The number of nitrogens with zero attached hydrogens (tertiary/aromatic N) is 1. The number of nitrogens with one attached hydrogen (secondary N) is 1. The molecule has 0 amide bonds. The third-order valence-corrected chi connectivity index (χ3v) is 2.22. The van der Waals surface area contributed by atoms with Crippen LogP contribution in [0.4, 0.5) is 0 Å². The van der Waals surface area contributed by atoms with E-state index in [-0.39, 0.29) is 0 Å². The van der Waals surface area contributed by atoms with E-state index in [0.717, 1.165) is 0 Å². The maximum atomic E-state index is 11.6. The molecule has 16 heavy (non-hydrogen) atoms. The summed E-state index contributed by atoms with van der Waals surface area (Å²) in [5.41, 5.74) is 1.22. The van der Waals surface area contributed by atoms with Crippen molar-refractivity contribution in [2.24, 2.45) is 0 Å². The number of carbonyl (C=O) groups excluding carboxylic acids is 2. The summed E-state index contributed by atoms with van der Waals surface area (Å²) in [6.07, 6.45) is 0.637. The quantitative estimate of drug-likeness (QED) is 0.626. The lowest BCUT2D eigenvalue weighted by molar-refractivity contribution is 0.0528. The summed E-state index contributed by atoms with van der Waals surface area (Å²) < 4.78 is 4.91. The molecule has 0 saturated heterocycles. The zero-order chi connectivity index (χ0) is 11.5. The summed E-state index contributed by atoms with van der Waals surface area (Å²) in [5.74, 6) is -0.447. The van der Waals surface area contributed by atoms with E-state index in [1.54, 1.807) is 25.1 Å². The highest BCUT2D eigenvalue weighted by molar-refractivity contribution is 6.08. The predicted molar refractivity (Wildman–Crippen MR) is 57.4 cm³/mol. The molecule has 0 spiro atoms. The molecule has 1 N–H and O–H groups in total. The van der Waals surface area contributed by atoms with Gasteiger partial charge in [-0.05, 0) is 19.1 Å². The van der Waals surface area contributed by atoms with Crippen molar-refractivity contribution < 1.29 is 14.3 Å². The smallest absolute Gasteiger partial charge is 0.338 e. The third kappa shape index (κ3) is 1.56. The van der Waals surface area contributed by atoms with Crippen molar-refractivity contribution >= 4 is 23.2 Å². The van der Waals surface area contributed by atoms with Crippen molar-refractivity contribution in [3.05, 3.63) is 29.5 Å². The van der Waals surface area contributed by atoms with Crippen molar-refractivity contribution in [2.45, 2.75) is 6.92 Å².